The molecule has 1 atom stereocenters. The van der Waals surface area contributed by atoms with E-state index >= 15 is 0 Å². The fourth-order valence-corrected chi connectivity index (χ4v) is 3.23. The second-order valence-corrected chi connectivity index (χ2v) is 6.36. The minimum absolute atomic E-state index is 0.248. The van der Waals surface area contributed by atoms with Crippen LogP contribution in [0.3, 0.4) is 0 Å². The molecule has 0 aromatic heterocycles. The molecule has 0 aliphatic heterocycles. The van der Waals surface area contributed by atoms with E-state index in [0.717, 1.165) is 0 Å². The quantitative estimate of drug-likeness (QED) is 0.295. The Hall–Kier alpha value is -1.18. The van der Waals surface area contributed by atoms with Gasteiger partial charge in [-0.3, -0.25) is 0 Å². The molecule has 0 aliphatic rings. The van der Waals surface area contributed by atoms with E-state index in [1.165, 1.54) is 0 Å². The number of nitrogens with zero attached hydrogens (tertiary/aromatic N) is 2. The summed E-state index contributed by atoms with van der Waals surface area (Å²) in [6.45, 7) is 8.64. The van der Waals surface area contributed by atoms with Gasteiger partial charge in [0.15, 0.2) is 5.75 Å². The fourth-order valence-electron chi connectivity index (χ4n) is 1.82. The van der Waals surface area contributed by atoms with Crippen LogP contribution in [0.15, 0.2) is 30.3 Å². The second kappa shape index (κ2) is 9.70. The molecule has 0 N–H and O–H groups in total. The summed E-state index contributed by atoms with van der Waals surface area (Å²) < 4.78 is 13.3. The van der Waals surface area contributed by atoms with Gasteiger partial charge in [-0.1, -0.05) is 18.2 Å². The minimum Gasteiger partial charge on any atom is -0.330 e. The van der Waals surface area contributed by atoms with Gasteiger partial charge < -0.3 is 9.41 Å². The molecule has 1 aromatic rings. The van der Waals surface area contributed by atoms with Crippen molar-refractivity contribution in [2.24, 2.45) is 0 Å². The zero-order valence-corrected chi connectivity index (χ0v) is 13.9. The molecule has 0 fully saturated rings. The van der Waals surface area contributed by atoms with E-state index in [-0.39, 0.29) is 12.1 Å². The van der Waals surface area contributed by atoms with Crippen molar-refractivity contribution >= 4 is 8.53 Å². The number of hydrogen-bond acceptors (Lipinski definition) is 5. The van der Waals surface area contributed by atoms with Gasteiger partial charge in [-0.2, -0.15) is 5.26 Å². The van der Waals surface area contributed by atoms with Crippen molar-refractivity contribution < 1.29 is 14.1 Å². The number of rotatable bonds is 9. The Morgan fingerprint density at radius 1 is 1.14 bits per heavy atom. The largest absolute Gasteiger partial charge is 0.330 e. The first kappa shape index (κ1) is 17.9. The maximum Gasteiger partial charge on any atom is 0.306 e. The summed E-state index contributed by atoms with van der Waals surface area (Å²) in [4.78, 5) is 5.36. The first-order valence-electron chi connectivity index (χ1n) is 7.04. The zero-order chi connectivity index (χ0) is 15.7. The molecule has 1 unspecified atom stereocenters. The predicted octanol–water partition coefficient (Wildman–Crippen LogP) is 4.27. The maximum atomic E-state index is 8.64. The van der Waals surface area contributed by atoms with Crippen LogP contribution in [0.4, 0.5) is 0 Å². The molecule has 0 bridgehead atoms. The van der Waals surface area contributed by atoms with E-state index < -0.39 is 8.53 Å². The second-order valence-electron chi connectivity index (χ2n) is 5.02. The van der Waals surface area contributed by atoms with Gasteiger partial charge >= 0.3 is 8.53 Å². The Morgan fingerprint density at radius 3 is 2.29 bits per heavy atom. The van der Waals surface area contributed by atoms with E-state index in [1.807, 2.05) is 30.3 Å². The molecule has 0 spiro atoms. The van der Waals surface area contributed by atoms with E-state index in [4.69, 9.17) is 19.3 Å². The molecule has 0 amide bonds. The van der Waals surface area contributed by atoms with Crippen molar-refractivity contribution in [3.8, 4) is 11.8 Å². The van der Waals surface area contributed by atoms with E-state index in [9.17, 15) is 0 Å². The van der Waals surface area contributed by atoms with Crippen molar-refractivity contribution in [2.75, 3.05) is 6.61 Å². The van der Waals surface area contributed by atoms with Gasteiger partial charge in [0, 0.05) is 12.1 Å². The van der Waals surface area contributed by atoms with Crippen molar-refractivity contribution in [1.82, 2.24) is 4.67 Å². The summed E-state index contributed by atoms with van der Waals surface area (Å²) in [5, 5.41) is 8.64. The third-order valence-electron chi connectivity index (χ3n) is 2.60. The van der Waals surface area contributed by atoms with Gasteiger partial charge in [0.1, 0.15) is 0 Å². The van der Waals surface area contributed by atoms with Crippen LogP contribution in [-0.4, -0.2) is 23.4 Å². The molecular weight excluding hydrogens is 287 g/mol. The zero-order valence-electron chi connectivity index (χ0n) is 13.0. The summed E-state index contributed by atoms with van der Waals surface area (Å²) in [7, 11) is -1.38. The fraction of sp³-hybridized carbons (Fsp3) is 0.533. The highest BCUT2D eigenvalue weighted by Crippen LogP contribution is 2.46. The Kier molecular flexibility index (Phi) is 8.26. The molecule has 6 heteroatoms. The summed E-state index contributed by atoms with van der Waals surface area (Å²) >= 11 is 0. The SMILES string of the molecule is CC(C)N(C(C)C)P(OCCC#N)OOc1ccccc1. The van der Waals surface area contributed by atoms with Gasteiger partial charge in [0.25, 0.3) is 0 Å². The number of para-hydroxylation sites is 1. The normalized spacial score (nSPS) is 12.7. The summed E-state index contributed by atoms with van der Waals surface area (Å²) in [6.07, 6.45) is 0.331. The van der Waals surface area contributed by atoms with Crippen molar-refractivity contribution in [3.63, 3.8) is 0 Å². The van der Waals surface area contributed by atoms with E-state index in [2.05, 4.69) is 38.4 Å². The van der Waals surface area contributed by atoms with E-state index in [1.54, 1.807) is 0 Å². The number of nitriles is 1. The Balaban J connectivity index is 2.68. The molecular formula is C15H23N2O3P. The monoisotopic (exact) mass is 310 g/mol. The predicted molar refractivity (Wildman–Crippen MR) is 83.4 cm³/mol. The lowest BCUT2D eigenvalue weighted by atomic mass is 10.3. The van der Waals surface area contributed by atoms with Crippen LogP contribution in [0.5, 0.6) is 5.75 Å². The number of hydrogen-bond donors (Lipinski definition) is 0. The Labute approximate surface area is 128 Å². The standard InChI is InChI=1S/C15H23N2O3P/c1-13(2)17(14(3)4)21(18-12-8-11-16)20-19-15-9-6-5-7-10-15/h5-7,9-10,13-14H,8,12H2,1-4H3. The highest BCUT2D eigenvalue weighted by atomic mass is 31.2. The smallest absolute Gasteiger partial charge is 0.306 e. The Bertz CT molecular complexity index is 426. The van der Waals surface area contributed by atoms with Gasteiger partial charge in [-0.15, -0.1) is 4.67 Å². The maximum absolute atomic E-state index is 8.64. The molecule has 116 valence electrons. The average molecular weight is 310 g/mol. The lowest BCUT2D eigenvalue weighted by molar-refractivity contribution is -0.112. The van der Waals surface area contributed by atoms with E-state index in [0.29, 0.717) is 18.8 Å². The van der Waals surface area contributed by atoms with Gasteiger partial charge in [-0.05, 0) is 39.8 Å². The number of benzene rings is 1. The molecule has 1 aromatic carbocycles. The lowest BCUT2D eigenvalue weighted by Gasteiger charge is -2.34. The molecule has 21 heavy (non-hydrogen) atoms. The van der Waals surface area contributed by atoms with Crippen LogP contribution in [0.25, 0.3) is 0 Å². The van der Waals surface area contributed by atoms with Crippen molar-refractivity contribution in [3.05, 3.63) is 30.3 Å². The summed E-state index contributed by atoms with van der Waals surface area (Å²) in [5.41, 5.74) is 0. The molecule has 0 aliphatic carbocycles. The highest BCUT2D eigenvalue weighted by Gasteiger charge is 2.28. The first-order chi connectivity index (χ1) is 10.1. The van der Waals surface area contributed by atoms with Gasteiger partial charge in [0.2, 0.25) is 0 Å². The minimum atomic E-state index is -1.38. The van der Waals surface area contributed by atoms with Crippen LogP contribution in [-0.2, 0) is 9.20 Å². The average Bonchev–Trinajstić information content (AvgIpc) is 2.45. The Morgan fingerprint density at radius 2 is 1.76 bits per heavy atom. The first-order valence-corrected chi connectivity index (χ1v) is 8.17. The van der Waals surface area contributed by atoms with Crippen LogP contribution in [0.1, 0.15) is 34.1 Å². The highest BCUT2D eigenvalue weighted by molar-refractivity contribution is 7.44. The summed E-state index contributed by atoms with van der Waals surface area (Å²) in [6, 6.07) is 11.9. The van der Waals surface area contributed by atoms with Crippen LogP contribution in [0.2, 0.25) is 0 Å². The molecule has 5 nitrogen and oxygen atoms in total. The lowest BCUT2D eigenvalue weighted by Crippen LogP contribution is -2.34. The van der Waals surface area contributed by atoms with Crippen LogP contribution < -0.4 is 4.89 Å². The molecule has 0 saturated heterocycles. The third-order valence-corrected chi connectivity index (χ3v) is 4.51. The van der Waals surface area contributed by atoms with Crippen molar-refractivity contribution in [1.29, 1.82) is 5.26 Å². The van der Waals surface area contributed by atoms with Gasteiger partial charge in [0.05, 0.1) is 19.1 Å². The molecule has 0 saturated carbocycles. The molecule has 0 radical (unpaired) electrons. The van der Waals surface area contributed by atoms with Crippen LogP contribution in [0, 0.1) is 11.3 Å². The summed E-state index contributed by atoms with van der Waals surface area (Å²) in [5.74, 6) is 0.626. The van der Waals surface area contributed by atoms with Gasteiger partial charge in [-0.25, -0.2) is 4.67 Å². The molecule has 1 rings (SSSR count). The molecule has 0 heterocycles. The van der Waals surface area contributed by atoms with Crippen molar-refractivity contribution in [2.45, 2.75) is 46.2 Å². The third kappa shape index (κ3) is 6.41. The topological polar surface area (TPSA) is 54.7 Å². The van der Waals surface area contributed by atoms with Crippen LogP contribution >= 0.6 is 8.53 Å².